The van der Waals surface area contributed by atoms with Gasteiger partial charge in [0.1, 0.15) is 24.8 Å². The van der Waals surface area contributed by atoms with Crippen molar-refractivity contribution >= 4 is 27.5 Å². The Morgan fingerprint density at radius 2 is 2.33 bits per heavy atom. The molecule has 0 atom stereocenters. The summed E-state index contributed by atoms with van der Waals surface area (Å²) in [5.41, 5.74) is 0. The minimum absolute atomic E-state index is 0.155. The topological polar surface area (TPSA) is 63.7 Å². The van der Waals surface area contributed by atoms with Crippen molar-refractivity contribution in [2.45, 2.75) is 6.54 Å². The summed E-state index contributed by atoms with van der Waals surface area (Å²) in [6.07, 6.45) is 1.50. The number of ether oxygens (including phenoxy) is 1. The van der Waals surface area contributed by atoms with Gasteiger partial charge in [0.25, 0.3) is 5.82 Å². The minimum Gasteiger partial charge on any atom is -0.490 e. The first kappa shape index (κ1) is 12.9. The first-order valence-electron chi connectivity index (χ1n) is 5.06. The third-order valence-electron chi connectivity index (χ3n) is 2.11. The largest absolute Gasteiger partial charge is 0.490 e. The SMILES string of the molecule is N#Cc1ncn(CCOc2ccc(Cl)cc2Br)n1. The maximum Gasteiger partial charge on any atom is 0.252 e. The van der Waals surface area contributed by atoms with Crippen molar-refractivity contribution in [2.75, 3.05) is 6.61 Å². The summed E-state index contributed by atoms with van der Waals surface area (Å²) < 4.78 is 7.92. The molecule has 1 heterocycles. The summed E-state index contributed by atoms with van der Waals surface area (Å²) in [4.78, 5) is 3.80. The molecule has 0 radical (unpaired) electrons. The molecule has 0 aliphatic carbocycles. The average Bonchev–Trinajstić information content (AvgIpc) is 2.80. The number of aromatic nitrogens is 3. The Morgan fingerprint density at radius 1 is 1.50 bits per heavy atom. The predicted molar refractivity (Wildman–Crippen MR) is 69.4 cm³/mol. The van der Waals surface area contributed by atoms with Crippen LogP contribution in [-0.2, 0) is 6.54 Å². The van der Waals surface area contributed by atoms with E-state index in [9.17, 15) is 0 Å². The molecular weight excluding hydrogens is 320 g/mol. The molecule has 7 heteroatoms. The van der Waals surface area contributed by atoms with E-state index in [2.05, 4.69) is 26.0 Å². The normalized spacial score (nSPS) is 10.1. The number of nitriles is 1. The van der Waals surface area contributed by atoms with Crippen molar-refractivity contribution in [1.82, 2.24) is 14.8 Å². The molecule has 92 valence electrons. The monoisotopic (exact) mass is 326 g/mol. The fourth-order valence-electron chi connectivity index (χ4n) is 1.29. The molecule has 0 fully saturated rings. The Kier molecular flexibility index (Phi) is 4.18. The number of rotatable bonds is 4. The smallest absolute Gasteiger partial charge is 0.252 e. The van der Waals surface area contributed by atoms with Crippen LogP contribution in [0.2, 0.25) is 5.02 Å². The van der Waals surface area contributed by atoms with Gasteiger partial charge in [-0.05, 0) is 34.1 Å². The van der Waals surface area contributed by atoms with Crippen LogP contribution in [0, 0.1) is 11.3 Å². The Hall–Kier alpha value is -1.58. The van der Waals surface area contributed by atoms with E-state index in [0.29, 0.717) is 23.9 Å². The van der Waals surface area contributed by atoms with Gasteiger partial charge in [-0.15, -0.1) is 5.10 Å². The molecule has 1 aromatic heterocycles. The lowest BCUT2D eigenvalue weighted by molar-refractivity contribution is 0.289. The number of benzene rings is 1. The Labute approximate surface area is 117 Å². The zero-order valence-corrected chi connectivity index (χ0v) is 11.5. The summed E-state index contributed by atoms with van der Waals surface area (Å²) in [5.74, 6) is 0.864. The molecule has 0 N–H and O–H groups in total. The van der Waals surface area contributed by atoms with E-state index >= 15 is 0 Å². The summed E-state index contributed by atoms with van der Waals surface area (Å²) >= 11 is 9.19. The van der Waals surface area contributed by atoms with Crippen LogP contribution in [0.5, 0.6) is 5.75 Å². The van der Waals surface area contributed by atoms with Crippen molar-refractivity contribution in [3.63, 3.8) is 0 Å². The molecule has 0 saturated heterocycles. The quantitative estimate of drug-likeness (QED) is 0.866. The van der Waals surface area contributed by atoms with E-state index in [1.54, 1.807) is 22.9 Å². The molecule has 0 aliphatic heterocycles. The third-order valence-corrected chi connectivity index (χ3v) is 2.96. The highest BCUT2D eigenvalue weighted by Gasteiger charge is 2.03. The molecule has 0 amide bonds. The zero-order chi connectivity index (χ0) is 13.0. The Balaban J connectivity index is 1.90. The maximum atomic E-state index is 8.58. The van der Waals surface area contributed by atoms with Gasteiger partial charge in [0.15, 0.2) is 0 Å². The van der Waals surface area contributed by atoms with E-state index in [4.69, 9.17) is 21.6 Å². The number of halogens is 2. The van der Waals surface area contributed by atoms with Crippen LogP contribution in [0.3, 0.4) is 0 Å². The van der Waals surface area contributed by atoms with Gasteiger partial charge in [-0.3, -0.25) is 0 Å². The lowest BCUT2D eigenvalue weighted by Crippen LogP contribution is -2.09. The van der Waals surface area contributed by atoms with Crippen molar-refractivity contribution in [3.8, 4) is 11.8 Å². The van der Waals surface area contributed by atoms with Crippen molar-refractivity contribution < 1.29 is 4.74 Å². The summed E-state index contributed by atoms with van der Waals surface area (Å²) in [7, 11) is 0. The molecular formula is C11H8BrClN4O. The second-order valence-corrected chi connectivity index (χ2v) is 4.66. The number of hydrogen-bond donors (Lipinski definition) is 0. The standard InChI is InChI=1S/C11H8BrClN4O/c12-9-5-8(13)1-2-10(9)18-4-3-17-7-15-11(6-14)16-17/h1-2,5,7H,3-4H2. The first-order chi connectivity index (χ1) is 8.69. The molecule has 18 heavy (non-hydrogen) atoms. The van der Waals surface area contributed by atoms with Crippen molar-refractivity contribution in [2.24, 2.45) is 0 Å². The van der Waals surface area contributed by atoms with Gasteiger partial charge in [-0.2, -0.15) is 5.26 Å². The zero-order valence-electron chi connectivity index (χ0n) is 9.18. The minimum atomic E-state index is 0.155. The molecule has 0 unspecified atom stereocenters. The summed E-state index contributed by atoms with van der Waals surface area (Å²) in [6.45, 7) is 0.943. The number of hydrogen-bond acceptors (Lipinski definition) is 4. The molecule has 0 saturated carbocycles. The van der Waals surface area contributed by atoms with Crippen LogP contribution >= 0.6 is 27.5 Å². The lowest BCUT2D eigenvalue weighted by Gasteiger charge is -2.08. The van der Waals surface area contributed by atoms with Gasteiger partial charge in [0.05, 0.1) is 11.0 Å². The van der Waals surface area contributed by atoms with Crippen molar-refractivity contribution in [1.29, 1.82) is 5.26 Å². The van der Waals surface area contributed by atoms with Crippen molar-refractivity contribution in [3.05, 3.63) is 39.8 Å². The highest BCUT2D eigenvalue weighted by Crippen LogP contribution is 2.27. The second-order valence-electron chi connectivity index (χ2n) is 3.37. The molecule has 0 spiro atoms. The first-order valence-corrected chi connectivity index (χ1v) is 6.23. The summed E-state index contributed by atoms with van der Waals surface area (Å²) in [6, 6.07) is 7.17. The summed E-state index contributed by atoms with van der Waals surface area (Å²) in [5, 5.41) is 13.1. The molecule has 0 bridgehead atoms. The van der Waals surface area contributed by atoms with Crippen LogP contribution in [0.15, 0.2) is 29.0 Å². The predicted octanol–water partition coefficient (Wildman–Crippen LogP) is 2.64. The van der Waals surface area contributed by atoms with Crippen LogP contribution in [0.4, 0.5) is 0 Å². The van der Waals surface area contributed by atoms with Gasteiger partial charge in [0.2, 0.25) is 0 Å². The van der Waals surface area contributed by atoms with Gasteiger partial charge in [-0.1, -0.05) is 11.6 Å². The van der Waals surface area contributed by atoms with Crippen LogP contribution in [0.25, 0.3) is 0 Å². The van der Waals surface area contributed by atoms with Gasteiger partial charge >= 0.3 is 0 Å². The number of nitrogens with zero attached hydrogens (tertiary/aromatic N) is 4. The highest BCUT2D eigenvalue weighted by atomic mass is 79.9. The van der Waals surface area contributed by atoms with Crippen LogP contribution < -0.4 is 4.74 Å². The maximum absolute atomic E-state index is 8.58. The molecule has 2 aromatic rings. The third kappa shape index (κ3) is 3.22. The second kappa shape index (κ2) is 5.85. The molecule has 1 aromatic carbocycles. The lowest BCUT2D eigenvalue weighted by atomic mass is 10.3. The van der Waals surface area contributed by atoms with E-state index < -0.39 is 0 Å². The Morgan fingerprint density at radius 3 is 3.00 bits per heavy atom. The molecule has 5 nitrogen and oxygen atoms in total. The van der Waals surface area contributed by atoms with Crippen LogP contribution in [0.1, 0.15) is 5.82 Å². The van der Waals surface area contributed by atoms with E-state index in [1.807, 2.05) is 6.07 Å². The average molecular weight is 328 g/mol. The van der Waals surface area contributed by atoms with Gasteiger partial charge in [0, 0.05) is 5.02 Å². The van der Waals surface area contributed by atoms with Gasteiger partial charge < -0.3 is 4.74 Å². The van der Waals surface area contributed by atoms with Gasteiger partial charge in [-0.25, -0.2) is 9.67 Å². The fourth-order valence-corrected chi connectivity index (χ4v) is 2.09. The van der Waals surface area contributed by atoms with E-state index in [-0.39, 0.29) is 5.82 Å². The van der Waals surface area contributed by atoms with E-state index in [0.717, 1.165) is 4.47 Å². The fraction of sp³-hybridized carbons (Fsp3) is 0.182. The van der Waals surface area contributed by atoms with E-state index in [1.165, 1.54) is 6.33 Å². The molecule has 0 aliphatic rings. The van der Waals surface area contributed by atoms with Crippen LogP contribution in [-0.4, -0.2) is 21.4 Å². The Bertz CT molecular complexity index is 593. The highest BCUT2D eigenvalue weighted by molar-refractivity contribution is 9.10. The molecule has 2 rings (SSSR count).